The molecule has 0 spiro atoms. The van der Waals surface area contributed by atoms with Gasteiger partial charge in [0.1, 0.15) is 0 Å². The lowest BCUT2D eigenvalue weighted by molar-refractivity contribution is 0.0697. The Kier molecular flexibility index (Phi) is 5.19. The summed E-state index contributed by atoms with van der Waals surface area (Å²) in [7, 11) is 0. The van der Waals surface area contributed by atoms with Crippen LogP contribution in [-0.4, -0.2) is 23.6 Å². The number of carboxylic acid groups (broad SMARTS) is 1. The maximum Gasteiger partial charge on any atom is 0.335 e. The molecular formula is C10H9Cl3O3. The molecule has 3 nitrogen and oxygen atoms in total. The van der Waals surface area contributed by atoms with Crippen molar-refractivity contribution in [2.24, 2.45) is 0 Å². The topological polar surface area (TPSA) is 46.5 Å². The van der Waals surface area contributed by atoms with Gasteiger partial charge in [-0.15, -0.1) is 11.6 Å². The number of ether oxygens (including phenoxy) is 1. The van der Waals surface area contributed by atoms with E-state index in [1.54, 1.807) is 0 Å². The van der Waals surface area contributed by atoms with Gasteiger partial charge in [-0.05, 0) is 18.6 Å². The minimum Gasteiger partial charge on any atom is -0.490 e. The molecule has 0 bridgehead atoms. The minimum atomic E-state index is -1.09. The van der Waals surface area contributed by atoms with Gasteiger partial charge in [0, 0.05) is 5.88 Å². The van der Waals surface area contributed by atoms with Gasteiger partial charge in [-0.25, -0.2) is 4.79 Å². The van der Waals surface area contributed by atoms with E-state index in [0.29, 0.717) is 24.7 Å². The van der Waals surface area contributed by atoms with Crippen molar-refractivity contribution in [3.05, 3.63) is 27.7 Å². The molecule has 0 radical (unpaired) electrons. The van der Waals surface area contributed by atoms with Gasteiger partial charge in [0.25, 0.3) is 0 Å². The van der Waals surface area contributed by atoms with Crippen molar-refractivity contribution in [1.29, 1.82) is 0 Å². The molecule has 0 fully saturated rings. The van der Waals surface area contributed by atoms with Gasteiger partial charge in [0.05, 0.1) is 22.2 Å². The lowest BCUT2D eigenvalue weighted by atomic mass is 10.2. The zero-order chi connectivity index (χ0) is 12.1. The standard InChI is InChI=1S/C10H9Cl3O3/c11-2-1-3-16-9-7(12)4-6(10(14)15)5-8(9)13/h4-5H,1-3H2,(H,14,15). The zero-order valence-corrected chi connectivity index (χ0v) is 10.4. The van der Waals surface area contributed by atoms with Crippen LogP contribution in [0.25, 0.3) is 0 Å². The third kappa shape index (κ3) is 3.44. The monoisotopic (exact) mass is 282 g/mol. The van der Waals surface area contributed by atoms with Crippen LogP contribution in [0, 0.1) is 0 Å². The molecule has 0 aliphatic heterocycles. The van der Waals surface area contributed by atoms with Crippen LogP contribution in [0.4, 0.5) is 0 Å². The first-order chi connectivity index (χ1) is 7.56. The molecule has 0 atom stereocenters. The molecule has 0 aliphatic carbocycles. The summed E-state index contributed by atoms with van der Waals surface area (Å²) in [5, 5.41) is 9.12. The van der Waals surface area contributed by atoms with Crippen molar-refractivity contribution >= 4 is 40.8 Å². The van der Waals surface area contributed by atoms with Crippen molar-refractivity contribution in [2.45, 2.75) is 6.42 Å². The Morgan fingerprint density at radius 1 is 1.31 bits per heavy atom. The average Bonchev–Trinajstić information content (AvgIpc) is 2.21. The largest absolute Gasteiger partial charge is 0.490 e. The van der Waals surface area contributed by atoms with Gasteiger partial charge in [-0.3, -0.25) is 0 Å². The molecule has 1 aromatic carbocycles. The first-order valence-corrected chi connectivity index (χ1v) is 5.76. The van der Waals surface area contributed by atoms with Crippen LogP contribution >= 0.6 is 34.8 Å². The van der Waals surface area contributed by atoms with Crippen molar-refractivity contribution in [3.8, 4) is 5.75 Å². The van der Waals surface area contributed by atoms with Crippen LogP contribution in [0.15, 0.2) is 12.1 Å². The smallest absolute Gasteiger partial charge is 0.335 e. The fourth-order valence-electron chi connectivity index (χ4n) is 1.05. The molecule has 1 aromatic rings. The van der Waals surface area contributed by atoms with Crippen LogP contribution in [0.3, 0.4) is 0 Å². The van der Waals surface area contributed by atoms with E-state index < -0.39 is 5.97 Å². The number of rotatable bonds is 5. The van der Waals surface area contributed by atoms with E-state index >= 15 is 0 Å². The quantitative estimate of drug-likeness (QED) is 0.662. The highest BCUT2D eigenvalue weighted by molar-refractivity contribution is 6.37. The summed E-state index contributed by atoms with van der Waals surface area (Å²) in [5.74, 6) is -0.322. The van der Waals surface area contributed by atoms with Crippen LogP contribution in [-0.2, 0) is 0 Å². The molecule has 6 heteroatoms. The number of hydrogen-bond acceptors (Lipinski definition) is 2. The molecule has 1 rings (SSSR count). The summed E-state index contributed by atoms with van der Waals surface area (Å²) >= 11 is 17.2. The summed E-state index contributed by atoms with van der Waals surface area (Å²) in [6.07, 6.45) is 0.662. The minimum absolute atomic E-state index is 0.0275. The highest BCUT2D eigenvalue weighted by atomic mass is 35.5. The normalized spacial score (nSPS) is 10.2. The van der Waals surface area contributed by atoms with E-state index in [1.165, 1.54) is 12.1 Å². The number of benzene rings is 1. The van der Waals surface area contributed by atoms with E-state index in [2.05, 4.69) is 0 Å². The molecule has 16 heavy (non-hydrogen) atoms. The molecule has 0 heterocycles. The van der Waals surface area contributed by atoms with Crippen molar-refractivity contribution in [3.63, 3.8) is 0 Å². The highest BCUT2D eigenvalue weighted by Gasteiger charge is 2.13. The summed E-state index contributed by atoms with van der Waals surface area (Å²) in [6, 6.07) is 2.59. The van der Waals surface area contributed by atoms with E-state index in [1.807, 2.05) is 0 Å². The van der Waals surface area contributed by atoms with E-state index in [-0.39, 0.29) is 15.6 Å². The number of carbonyl (C=O) groups is 1. The second kappa shape index (κ2) is 6.18. The molecular weight excluding hydrogens is 274 g/mol. The highest BCUT2D eigenvalue weighted by Crippen LogP contribution is 2.34. The summed E-state index contributed by atoms with van der Waals surface area (Å²) in [6.45, 7) is 0.384. The third-order valence-electron chi connectivity index (χ3n) is 1.77. The molecule has 0 aliphatic rings. The SMILES string of the molecule is O=C(O)c1cc(Cl)c(OCCCCl)c(Cl)c1. The Labute approximate surface area is 108 Å². The molecule has 0 saturated carbocycles. The summed E-state index contributed by atoms with van der Waals surface area (Å²) < 4.78 is 5.30. The predicted molar refractivity (Wildman–Crippen MR) is 64.3 cm³/mol. The number of halogens is 3. The Balaban J connectivity index is 2.89. The average molecular weight is 284 g/mol. The molecule has 0 aromatic heterocycles. The Morgan fingerprint density at radius 2 is 1.88 bits per heavy atom. The maximum absolute atomic E-state index is 10.7. The van der Waals surface area contributed by atoms with Gasteiger partial charge in [0.15, 0.2) is 5.75 Å². The van der Waals surface area contributed by atoms with Gasteiger partial charge < -0.3 is 9.84 Å². The number of aromatic carboxylic acids is 1. The second-order valence-corrected chi connectivity index (χ2v) is 4.16. The van der Waals surface area contributed by atoms with E-state index in [4.69, 9.17) is 44.6 Å². The van der Waals surface area contributed by atoms with Crippen molar-refractivity contribution < 1.29 is 14.6 Å². The van der Waals surface area contributed by atoms with Crippen LogP contribution in [0.5, 0.6) is 5.75 Å². The van der Waals surface area contributed by atoms with Gasteiger partial charge in [0.2, 0.25) is 0 Å². The molecule has 0 unspecified atom stereocenters. The van der Waals surface area contributed by atoms with Crippen molar-refractivity contribution in [1.82, 2.24) is 0 Å². The van der Waals surface area contributed by atoms with Gasteiger partial charge in [-0.2, -0.15) is 0 Å². The molecule has 88 valence electrons. The molecule has 1 N–H and O–H groups in total. The first kappa shape index (κ1) is 13.4. The third-order valence-corrected chi connectivity index (χ3v) is 2.60. The number of hydrogen-bond donors (Lipinski definition) is 1. The fraction of sp³-hybridized carbons (Fsp3) is 0.300. The van der Waals surface area contributed by atoms with Crippen LogP contribution in [0.2, 0.25) is 10.0 Å². The van der Waals surface area contributed by atoms with Crippen LogP contribution in [0.1, 0.15) is 16.8 Å². The van der Waals surface area contributed by atoms with Crippen molar-refractivity contribution in [2.75, 3.05) is 12.5 Å². The first-order valence-electron chi connectivity index (χ1n) is 4.47. The fourth-order valence-corrected chi connectivity index (χ4v) is 1.76. The zero-order valence-electron chi connectivity index (χ0n) is 8.17. The van der Waals surface area contributed by atoms with Gasteiger partial charge in [-0.1, -0.05) is 23.2 Å². The number of alkyl halides is 1. The summed E-state index contributed by atoms with van der Waals surface area (Å²) in [5.41, 5.74) is 0.0275. The second-order valence-electron chi connectivity index (χ2n) is 2.97. The maximum atomic E-state index is 10.7. The predicted octanol–water partition coefficient (Wildman–Crippen LogP) is 3.70. The van der Waals surface area contributed by atoms with E-state index in [9.17, 15) is 4.79 Å². The molecule has 0 amide bonds. The van der Waals surface area contributed by atoms with E-state index in [0.717, 1.165) is 0 Å². The van der Waals surface area contributed by atoms with Gasteiger partial charge >= 0.3 is 5.97 Å². The lowest BCUT2D eigenvalue weighted by Crippen LogP contribution is -2.01. The summed E-state index contributed by atoms with van der Waals surface area (Å²) in [4.78, 5) is 10.7. The lowest BCUT2D eigenvalue weighted by Gasteiger charge is -2.09. The number of carboxylic acids is 1. The Bertz CT molecular complexity index is 370. The Hall–Kier alpha value is -0.640. The molecule has 0 saturated heterocycles. The Morgan fingerprint density at radius 3 is 2.31 bits per heavy atom. The van der Waals surface area contributed by atoms with Crippen LogP contribution < -0.4 is 4.74 Å².